The molecule has 0 aliphatic rings. The minimum Gasteiger partial charge on any atom is -0.392 e. The molecular weight excluding hydrogens is 280 g/mol. The fourth-order valence-corrected chi connectivity index (χ4v) is 2.54. The van der Waals surface area contributed by atoms with Crippen LogP contribution in [0.1, 0.15) is 13.8 Å². The lowest BCUT2D eigenvalue weighted by atomic mass is 10.2. The lowest BCUT2D eigenvalue weighted by molar-refractivity contribution is 0.201. The van der Waals surface area contributed by atoms with Crippen molar-refractivity contribution in [1.82, 2.24) is 9.97 Å². The van der Waals surface area contributed by atoms with Crippen LogP contribution in [0, 0.1) is 0 Å². The van der Waals surface area contributed by atoms with Gasteiger partial charge in [-0.2, -0.15) is 0 Å². The first kappa shape index (κ1) is 16.5. The normalized spacial score (nSPS) is 13.9. The molecule has 2 heterocycles. The molecule has 2 aromatic heterocycles. The lowest BCUT2D eigenvalue weighted by Gasteiger charge is -2.26. The number of pyridine rings is 2. The molecule has 0 radical (unpaired) electrons. The van der Waals surface area contributed by atoms with Crippen LogP contribution in [0.3, 0.4) is 0 Å². The molecule has 0 saturated heterocycles. The number of aromatic nitrogens is 2. The highest BCUT2D eigenvalue weighted by molar-refractivity contribution is 5.93. The standard InChI is InChI=1S/C16H24N4O2/c1-11(21)9-19(3)15-7-16(20(4)10-12(2)22)18-14-8-17-6-5-13(14)15/h5-8,11-12,21-22H,9-10H2,1-4H3/t11-,12-/m1/s1. The average Bonchev–Trinajstić information content (AvgIpc) is 2.44. The van der Waals surface area contributed by atoms with Gasteiger partial charge in [0.05, 0.1) is 23.9 Å². The molecule has 0 amide bonds. The number of hydrogen-bond acceptors (Lipinski definition) is 6. The molecule has 0 aliphatic carbocycles. The van der Waals surface area contributed by atoms with E-state index in [0.29, 0.717) is 13.1 Å². The van der Waals surface area contributed by atoms with Crippen molar-refractivity contribution in [3.8, 4) is 0 Å². The van der Waals surface area contributed by atoms with Gasteiger partial charge in [-0.3, -0.25) is 4.98 Å². The first-order valence-electron chi connectivity index (χ1n) is 7.41. The molecular formula is C16H24N4O2. The average molecular weight is 304 g/mol. The lowest BCUT2D eigenvalue weighted by Crippen LogP contribution is -2.29. The smallest absolute Gasteiger partial charge is 0.131 e. The van der Waals surface area contributed by atoms with Crippen LogP contribution in [0.5, 0.6) is 0 Å². The van der Waals surface area contributed by atoms with Gasteiger partial charge in [0, 0.05) is 50.5 Å². The summed E-state index contributed by atoms with van der Waals surface area (Å²) in [6.07, 6.45) is 2.61. The first-order valence-corrected chi connectivity index (χ1v) is 7.41. The molecule has 6 nitrogen and oxygen atoms in total. The number of aliphatic hydroxyl groups excluding tert-OH is 2. The summed E-state index contributed by atoms with van der Waals surface area (Å²) in [6, 6.07) is 3.90. The highest BCUT2D eigenvalue weighted by Gasteiger charge is 2.14. The number of hydrogen-bond donors (Lipinski definition) is 2. The Morgan fingerprint density at radius 2 is 1.73 bits per heavy atom. The van der Waals surface area contributed by atoms with Gasteiger partial charge >= 0.3 is 0 Å². The van der Waals surface area contributed by atoms with Gasteiger partial charge in [0.25, 0.3) is 0 Å². The van der Waals surface area contributed by atoms with E-state index in [0.717, 1.165) is 22.4 Å². The zero-order valence-corrected chi connectivity index (χ0v) is 13.6. The SMILES string of the molecule is C[C@@H](O)CN(C)c1cc(N(C)C[C@@H](C)O)c2ccncc2n1. The van der Waals surface area contributed by atoms with Crippen LogP contribution < -0.4 is 9.80 Å². The second-order valence-corrected chi connectivity index (χ2v) is 5.85. The van der Waals surface area contributed by atoms with Crippen LogP contribution in [-0.4, -0.2) is 59.6 Å². The summed E-state index contributed by atoms with van der Waals surface area (Å²) in [6.45, 7) is 4.54. The molecule has 0 spiro atoms. The predicted molar refractivity (Wildman–Crippen MR) is 89.4 cm³/mol. The van der Waals surface area contributed by atoms with Crippen molar-refractivity contribution in [3.05, 3.63) is 24.5 Å². The van der Waals surface area contributed by atoms with Gasteiger partial charge in [-0.25, -0.2) is 4.98 Å². The van der Waals surface area contributed by atoms with E-state index in [1.165, 1.54) is 0 Å². The first-order chi connectivity index (χ1) is 10.4. The van der Waals surface area contributed by atoms with E-state index < -0.39 is 12.2 Å². The second kappa shape index (κ2) is 6.89. The Bertz CT molecular complexity index is 631. The minimum atomic E-state index is -0.435. The number of likely N-dealkylation sites (N-methyl/N-ethyl adjacent to an activating group) is 2. The molecule has 2 atom stereocenters. The summed E-state index contributed by atoms with van der Waals surface area (Å²) < 4.78 is 0. The fourth-order valence-electron chi connectivity index (χ4n) is 2.54. The van der Waals surface area contributed by atoms with Crippen molar-refractivity contribution in [1.29, 1.82) is 0 Å². The molecule has 2 aromatic rings. The van der Waals surface area contributed by atoms with Gasteiger partial charge in [0.1, 0.15) is 5.82 Å². The van der Waals surface area contributed by atoms with E-state index in [4.69, 9.17) is 0 Å². The summed E-state index contributed by atoms with van der Waals surface area (Å²) in [5.74, 6) is 0.772. The fraction of sp³-hybridized carbons (Fsp3) is 0.500. The monoisotopic (exact) mass is 304 g/mol. The maximum Gasteiger partial charge on any atom is 0.131 e. The van der Waals surface area contributed by atoms with E-state index in [1.807, 2.05) is 36.0 Å². The molecule has 0 bridgehead atoms. The number of anilines is 2. The zero-order chi connectivity index (χ0) is 16.3. The summed E-state index contributed by atoms with van der Waals surface area (Å²) in [7, 11) is 3.84. The van der Waals surface area contributed by atoms with E-state index in [-0.39, 0.29) is 0 Å². The van der Waals surface area contributed by atoms with E-state index in [1.54, 1.807) is 26.2 Å². The largest absolute Gasteiger partial charge is 0.392 e. The third-order valence-corrected chi connectivity index (χ3v) is 3.46. The Morgan fingerprint density at radius 1 is 1.09 bits per heavy atom. The predicted octanol–water partition coefficient (Wildman–Crippen LogP) is 1.26. The molecule has 0 fully saturated rings. The Kier molecular flexibility index (Phi) is 5.15. The van der Waals surface area contributed by atoms with Gasteiger partial charge in [-0.15, -0.1) is 0 Å². The van der Waals surface area contributed by atoms with Crippen molar-refractivity contribution in [2.24, 2.45) is 0 Å². The maximum absolute atomic E-state index is 9.64. The minimum absolute atomic E-state index is 0.423. The van der Waals surface area contributed by atoms with E-state index in [9.17, 15) is 10.2 Å². The van der Waals surface area contributed by atoms with E-state index >= 15 is 0 Å². The van der Waals surface area contributed by atoms with Crippen LogP contribution >= 0.6 is 0 Å². The van der Waals surface area contributed by atoms with Gasteiger partial charge in [0.2, 0.25) is 0 Å². The molecule has 0 aliphatic heterocycles. The highest BCUT2D eigenvalue weighted by Crippen LogP contribution is 2.28. The molecule has 22 heavy (non-hydrogen) atoms. The maximum atomic E-state index is 9.64. The summed E-state index contributed by atoms with van der Waals surface area (Å²) in [4.78, 5) is 12.7. The number of aliphatic hydroxyl groups is 2. The molecule has 0 unspecified atom stereocenters. The van der Waals surface area contributed by atoms with E-state index in [2.05, 4.69) is 9.97 Å². The number of rotatable bonds is 6. The Balaban J connectivity index is 2.47. The molecule has 6 heteroatoms. The third-order valence-electron chi connectivity index (χ3n) is 3.46. The summed E-state index contributed by atoms with van der Waals surface area (Å²) >= 11 is 0. The number of nitrogens with zero attached hydrogens (tertiary/aromatic N) is 4. The zero-order valence-electron chi connectivity index (χ0n) is 13.6. The Hall–Kier alpha value is -1.92. The van der Waals surface area contributed by atoms with Crippen LogP contribution in [0.4, 0.5) is 11.5 Å². The van der Waals surface area contributed by atoms with Crippen molar-refractivity contribution >= 4 is 22.4 Å². The third kappa shape index (κ3) is 3.84. The van der Waals surface area contributed by atoms with Crippen LogP contribution in [0.25, 0.3) is 10.9 Å². The van der Waals surface area contributed by atoms with Gasteiger partial charge in [0.15, 0.2) is 0 Å². The quantitative estimate of drug-likeness (QED) is 0.837. The summed E-state index contributed by atoms with van der Waals surface area (Å²) in [5, 5.41) is 20.2. The van der Waals surface area contributed by atoms with Crippen LogP contribution in [-0.2, 0) is 0 Å². The van der Waals surface area contributed by atoms with Crippen molar-refractivity contribution < 1.29 is 10.2 Å². The molecule has 120 valence electrons. The highest BCUT2D eigenvalue weighted by atomic mass is 16.3. The van der Waals surface area contributed by atoms with Gasteiger partial charge < -0.3 is 20.0 Å². The molecule has 2 rings (SSSR count). The van der Waals surface area contributed by atoms with Gasteiger partial charge in [-0.05, 0) is 19.9 Å². The van der Waals surface area contributed by atoms with Gasteiger partial charge in [-0.1, -0.05) is 0 Å². The van der Waals surface area contributed by atoms with Crippen molar-refractivity contribution in [2.45, 2.75) is 26.1 Å². The van der Waals surface area contributed by atoms with Crippen LogP contribution in [0.15, 0.2) is 24.5 Å². The molecule has 0 saturated carbocycles. The van der Waals surface area contributed by atoms with Crippen LogP contribution in [0.2, 0.25) is 0 Å². The topological polar surface area (TPSA) is 72.7 Å². The summed E-state index contributed by atoms with van der Waals surface area (Å²) in [5.41, 5.74) is 1.78. The molecule has 0 aromatic carbocycles. The molecule has 2 N–H and O–H groups in total. The Morgan fingerprint density at radius 3 is 2.36 bits per heavy atom. The van der Waals surface area contributed by atoms with Crippen molar-refractivity contribution in [3.63, 3.8) is 0 Å². The Labute approximate surface area is 131 Å². The second-order valence-electron chi connectivity index (χ2n) is 5.85. The number of fused-ring (bicyclic) bond motifs is 1. The van der Waals surface area contributed by atoms with Crippen molar-refractivity contribution in [2.75, 3.05) is 37.0 Å².